The van der Waals surface area contributed by atoms with E-state index in [9.17, 15) is 23.2 Å². The molecule has 0 aliphatic carbocycles. The maximum absolute atomic E-state index is 13.0. The van der Waals surface area contributed by atoms with Gasteiger partial charge in [-0.25, -0.2) is 8.78 Å². The molecule has 1 aromatic rings. The maximum Gasteiger partial charge on any atom is 0.252 e. The summed E-state index contributed by atoms with van der Waals surface area (Å²) >= 11 is 0. The summed E-state index contributed by atoms with van der Waals surface area (Å²) in [4.78, 5) is 33.8. The molecule has 108 valence electrons. The molecule has 0 aromatic heterocycles. The van der Waals surface area contributed by atoms with Gasteiger partial charge in [-0.3, -0.25) is 9.59 Å². The largest absolute Gasteiger partial charge is 0.368 e. The molecule has 0 fully saturated rings. The number of halogens is 2. The first-order valence-electron chi connectivity index (χ1n) is 5.85. The quantitative estimate of drug-likeness (QED) is 0.814. The molecule has 1 aromatic carbocycles. The Morgan fingerprint density at radius 2 is 1.75 bits per heavy atom. The summed E-state index contributed by atoms with van der Waals surface area (Å²) in [7, 11) is 0. The Labute approximate surface area is 114 Å². The fourth-order valence-corrected chi connectivity index (χ4v) is 1.56. The van der Waals surface area contributed by atoms with E-state index in [1.165, 1.54) is 6.92 Å². The number of amides is 2. The average Bonchev–Trinajstić information content (AvgIpc) is 2.32. The second-order valence-corrected chi connectivity index (χ2v) is 4.33. The number of ketones is 1. The highest BCUT2D eigenvalue weighted by Crippen LogP contribution is 2.09. The number of nitrogens with one attached hydrogen (secondary N) is 1. The zero-order valence-corrected chi connectivity index (χ0v) is 10.8. The van der Waals surface area contributed by atoms with Crippen molar-refractivity contribution in [3.05, 3.63) is 35.4 Å². The smallest absolute Gasteiger partial charge is 0.252 e. The van der Waals surface area contributed by atoms with Crippen molar-refractivity contribution in [2.24, 2.45) is 5.73 Å². The Hall–Kier alpha value is -2.31. The van der Waals surface area contributed by atoms with Gasteiger partial charge in [0, 0.05) is 18.1 Å². The van der Waals surface area contributed by atoms with Gasteiger partial charge in [0.2, 0.25) is 5.91 Å². The Balaban J connectivity index is 2.79. The molecule has 2 amide bonds. The molecule has 0 radical (unpaired) electrons. The fraction of sp³-hybridized carbons (Fsp3) is 0.308. The summed E-state index contributed by atoms with van der Waals surface area (Å²) in [5.41, 5.74) is 4.83. The standard InChI is InChI=1S/C13H14F2N2O3/c1-7(18)2-3-11(12(16)19)17-13(20)8-4-9(14)6-10(15)5-8/h4-6,11H,2-3H2,1H3,(H2,16,19)(H,17,20)/t11-/m0/s1. The molecule has 20 heavy (non-hydrogen) atoms. The molecule has 0 heterocycles. The summed E-state index contributed by atoms with van der Waals surface area (Å²) in [5.74, 6) is -3.64. The lowest BCUT2D eigenvalue weighted by atomic mass is 10.1. The molecule has 0 spiro atoms. The van der Waals surface area contributed by atoms with Gasteiger partial charge < -0.3 is 15.8 Å². The van der Waals surface area contributed by atoms with E-state index in [2.05, 4.69) is 5.32 Å². The fourth-order valence-electron chi connectivity index (χ4n) is 1.56. The van der Waals surface area contributed by atoms with Gasteiger partial charge in [0.25, 0.3) is 5.91 Å². The third-order valence-corrected chi connectivity index (χ3v) is 2.56. The third kappa shape index (κ3) is 4.75. The Morgan fingerprint density at radius 3 is 2.20 bits per heavy atom. The highest BCUT2D eigenvalue weighted by Gasteiger charge is 2.20. The van der Waals surface area contributed by atoms with E-state index in [0.717, 1.165) is 12.1 Å². The van der Waals surface area contributed by atoms with Crippen LogP contribution in [0.15, 0.2) is 18.2 Å². The van der Waals surface area contributed by atoms with Crippen LogP contribution in [0.5, 0.6) is 0 Å². The molecule has 0 bridgehead atoms. The van der Waals surface area contributed by atoms with Gasteiger partial charge >= 0.3 is 0 Å². The number of hydrogen-bond acceptors (Lipinski definition) is 3. The molecule has 0 aliphatic heterocycles. The molecule has 7 heteroatoms. The number of hydrogen-bond donors (Lipinski definition) is 2. The predicted octanol–water partition coefficient (Wildman–Crippen LogP) is 0.918. The van der Waals surface area contributed by atoms with Gasteiger partial charge in [-0.2, -0.15) is 0 Å². The second kappa shape index (κ2) is 6.74. The van der Waals surface area contributed by atoms with Gasteiger partial charge in [0.05, 0.1) is 0 Å². The SMILES string of the molecule is CC(=O)CC[C@H](NC(=O)c1cc(F)cc(F)c1)C(N)=O. The lowest BCUT2D eigenvalue weighted by molar-refractivity contribution is -0.120. The number of rotatable bonds is 6. The first-order valence-corrected chi connectivity index (χ1v) is 5.85. The topological polar surface area (TPSA) is 89.3 Å². The first-order chi connectivity index (χ1) is 9.29. The zero-order chi connectivity index (χ0) is 15.3. The number of nitrogens with two attached hydrogens (primary N) is 1. The van der Waals surface area contributed by atoms with E-state index < -0.39 is 29.5 Å². The van der Waals surface area contributed by atoms with Crippen molar-refractivity contribution >= 4 is 17.6 Å². The van der Waals surface area contributed by atoms with Crippen molar-refractivity contribution in [2.75, 3.05) is 0 Å². The van der Waals surface area contributed by atoms with Crippen LogP contribution in [0, 0.1) is 11.6 Å². The summed E-state index contributed by atoms with van der Waals surface area (Å²) < 4.78 is 26.0. The number of carbonyl (C=O) groups excluding carboxylic acids is 3. The Morgan fingerprint density at radius 1 is 1.20 bits per heavy atom. The summed E-state index contributed by atoms with van der Waals surface area (Å²) in [6.45, 7) is 1.34. The van der Waals surface area contributed by atoms with Gasteiger partial charge in [0.15, 0.2) is 0 Å². The van der Waals surface area contributed by atoms with E-state index in [4.69, 9.17) is 5.73 Å². The molecular formula is C13H14F2N2O3. The molecule has 1 rings (SSSR count). The lowest BCUT2D eigenvalue weighted by Gasteiger charge is -2.14. The molecule has 5 nitrogen and oxygen atoms in total. The molecule has 0 saturated carbocycles. The molecule has 1 atom stereocenters. The van der Waals surface area contributed by atoms with Crippen LogP contribution in [0.3, 0.4) is 0 Å². The number of benzene rings is 1. The third-order valence-electron chi connectivity index (χ3n) is 2.56. The summed E-state index contributed by atoms with van der Waals surface area (Å²) in [6.07, 6.45) is 0.0968. The van der Waals surface area contributed by atoms with Gasteiger partial charge in [-0.05, 0) is 25.5 Å². The molecule has 0 aliphatic rings. The minimum Gasteiger partial charge on any atom is -0.368 e. The molecule has 3 N–H and O–H groups in total. The van der Waals surface area contributed by atoms with Gasteiger partial charge in [0.1, 0.15) is 23.5 Å². The minimum atomic E-state index is -1.07. The molecule has 0 saturated heterocycles. The maximum atomic E-state index is 13.0. The van der Waals surface area contributed by atoms with Crippen molar-refractivity contribution < 1.29 is 23.2 Å². The molecular weight excluding hydrogens is 270 g/mol. The predicted molar refractivity (Wildman–Crippen MR) is 66.7 cm³/mol. The van der Waals surface area contributed by atoms with E-state index >= 15 is 0 Å². The van der Waals surface area contributed by atoms with Crippen molar-refractivity contribution in [1.29, 1.82) is 0 Å². The second-order valence-electron chi connectivity index (χ2n) is 4.33. The summed E-state index contributed by atoms with van der Waals surface area (Å²) in [6, 6.07) is 1.22. The Bertz CT molecular complexity index is 526. The van der Waals surface area contributed by atoms with Crippen molar-refractivity contribution in [3.63, 3.8) is 0 Å². The number of Topliss-reactive ketones (excluding diaryl/α,β-unsaturated/α-hetero) is 1. The monoisotopic (exact) mass is 284 g/mol. The van der Waals surface area contributed by atoms with Gasteiger partial charge in [-0.1, -0.05) is 0 Å². The number of carbonyl (C=O) groups is 3. The average molecular weight is 284 g/mol. The van der Waals surface area contributed by atoms with Crippen molar-refractivity contribution in [1.82, 2.24) is 5.32 Å². The summed E-state index contributed by atoms with van der Waals surface area (Å²) in [5, 5.41) is 2.24. The first kappa shape index (κ1) is 15.7. The number of primary amides is 1. The van der Waals surface area contributed by atoms with Gasteiger partial charge in [-0.15, -0.1) is 0 Å². The van der Waals surface area contributed by atoms with E-state index in [0.29, 0.717) is 6.07 Å². The van der Waals surface area contributed by atoms with Crippen LogP contribution in [-0.2, 0) is 9.59 Å². The Kier molecular flexibility index (Phi) is 5.31. The molecule has 0 unspecified atom stereocenters. The van der Waals surface area contributed by atoms with E-state index in [-0.39, 0.29) is 24.2 Å². The minimum absolute atomic E-state index is 0.0359. The highest BCUT2D eigenvalue weighted by molar-refractivity contribution is 5.97. The van der Waals surface area contributed by atoms with E-state index in [1.807, 2.05) is 0 Å². The highest BCUT2D eigenvalue weighted by atomic mass is 19.1. The van der Waals surface area contributed by atoms with Crippen LogP contribution >= 0.6 is 0 Å². The lowest BCUT2D eigenvalue weighted by Crippen LogP contribution is -2.44. The van der Waals surface area contributed by atoms with Crippen LogP contribution in [0.2, 0.25) is 0 Å². The normalized spacial score (nSPS) is 11.8. The zero-order valence-electron chi connectivity index (χ0n) is 10.8. The van der Waals surface area contributed by atoms with E-state index in [1.54, 1.807) is 0 Å². The van der Waals surface area contributed by atoms with Crippen LogP contribution in [-0.4, -0.2) is 23.6 Å². The van der Waals surface area contributed by atoms with Crippen molar-refractivity contribution in [3.8, 4) is 0 Å². The van der Waals surface area contributed by atoms with Crippen LogP contribution in [0.25, 0.3) is 0 Å². The van der Waals surface area contributed by atoms with Crippen LogP contribution < -0.4 is 11.1 Å². The van der Waals surface area contributed by atoms with Crippen LogP contribution in [0.1, 0.15) is 30.1 Å². The van der Waals surface area contributed by atoms with Crippen molar-refractivity contribution in [2.45, 2.75) is 25.8 Å². The van der Waals surface area contributed by atoms with Crippen LogP contribution in [0.4, 0.5) is 8.78 Å².